The van der Waals surface area contributed by atoms with Crippen molar-refractivity contribution in [3.05, 3.63) is 247 Å². The zero-order chi connectivity index (χ0) is 39.8. The van der Waals surface area contributed by atoms with Crippen LogP contribution in [0.3, 0.4) is 0 Å². The van der Waals surface area contributed by atoms with E-state index in [1.807, 2.05) is 6.20 Å². The number of hydrogen-bond acceptors (Lipinski definition) is 1. The Morgan fingerprint density at radius 2 is 1.13 bits per heavy atom. The topological polar surface area (TPSA) is 27.7 Å². The van der Waals surface area contributed by atoms with Crippen molar-refractivity contribution in [3.8, 4) is 39.4 Å². The van der Waals surface area contributed by atoms with Crippen molar-refractivity contribution in [1.29, 1.82) is 0 Å². The summed E-state index contributed by atoms with van der Waals surface area (Å²) in [5.74, 6) is 0.858. The second-order valence-corrected chi connectivity index (χ2v) is 15.7. The number of aromatic nitrogens is 4. The van der Waals surface area contributed by atoms with Crippen molar-refractivity contribution < 1.29 is 21.1 Å². The molecule has 0 amide bonds. The number of para-hydroxylation sites is 4. The molecule has 3 heterocycles. The van der Waals surface area contributed by atoms with E-state index in [1.54, 1.807) is 0 Å². The van der Waals surface area contributed by atoms with Crippen molar-refractivity contribution in [2.24, 2.45) is 0 Å². The molecule has 292 valence electrons. The molecule has 0 saturated heterocycles. The largest absolute Gasteiger partial charge is 0.319 e. The van der Waals surface area contributed by atoms with E-state index in [4.69, 9.17) is 4.98 Å². The third-order valence-corrected chi connectivity index (χ3v) is 12.5. The van der Waals surface area contributed by atoms with Crippen LogP contribution in [0.2, 0.25) is 0 Å². The predicted octanol–water partition coefficient (Wildman–Crippen LogP) is 13.1. The molecule has 8 aromatic carbocycles. The summed E-state index contributed by atoms with van der Waals surface area (Å²) in [6.07, 6.45) is 4.12. The molecular formula is C56H37N4Pt-. The number of benzene rings is 8. The van der Waals surface area contributed by atoms with Gasteiger partial charge in [-0.3, -0.25) is 0 Å². The van der Waals surface area contributed by atoms with Gasteiger partial charge in [-0.25, -0.2) is 9.55 Å². The minimum absolute atomic E-state index is 0. The fourth-order valence-electron chi connectivity index (χ4n) is 9.83. The first-order chi connectivity index (χ1) is 29.7. The molecule has 11 aromatic rings. The van der Waals surface area contributed by atoms with Crippen LogP contribution in [0, 0.1) is 19.1 Å². The second-order valence-electron chi connectivity index (χ2n) is 15.7. The van der Waals surface area contributed by atoms with Crippen molar-refractivity contribution in [3.63, 3.8) is 0 Å². The van der Waals surface area contributed by atoms with Gasteiger partial charge in [-0.15, -0.1) is 28.6 Å². The Hall–Kier alpha value is -7.13. The molecule has 4 nitrogen and oxygen atoms in total. The van der Waals surface area contributed by atoms with E-state index >= 15 is 0 Å². The van der Waals surface area contributed by atoms with Crippen molar-refractivity contribution in [2.75, 3.05) is 0 Å². The van der Waals surface area contributed by atoms with Crippen LogP contribution in [0.15, 0.2) is 207 Å². The van der Waals surface area contributed by atoms with Crippen LogP contribution in [0.5, 0.6) is 0 Å². The van der Waals surface area contributed by atoms with Gasteiger partial charge in [0, 0.05) is 56.0 Å². The average Bonchev–Trinajstić information content (AvgIpc) is 3.96. The molecule has 0 saturated carbocycles. The first-order valence-corrected chi connectivity index (χ1v) is 20.5. The monoisotopic (exact) mass is 960 g/mol. The number of pyridine rings is 1. The Kier molecular flexibility index (Phi) is 8.80. The summed E-state index contributed by atoms with van der Waals surface area (Å²) in [6.45, 7) is 2.17. The first-order valence-electron chi connectivity index (χ1n) is 20.5. The van der Waals surface area contributed by atoms with Gasteiger partial charge in [0.15, 0.2) is 17.4 Å². The summed E-state index contributed by atoms with van der Waals surface area (Å²) < 4.78 is 6.82. The average molecular weight is 961 g/mol. The Labute approximate surface area is 368 Å². The van der Waals surface area contributed by atoms with Gasteiger partial charge in [-0.2, -0.15) is 34.9 Å². The molecule has 61 heavy (non-hydrogen) atoms. The fourth-order valence-corrected chi connectivity index (χ4v) is 9.83. The van der Waals surface area contributed by atoms with Crippen molar-refractivity contribution in [1.82, 2.24) is 18.7 Å². The van der Waals surface area contributed by atoms with E-state index in [2.05, 4.69) is 233 Å². The molecule has 5 heteroatoms. The van der Waals surface area contributed by atoms with Gasteiger partial charge in [0.1, 0.15) is 11.5 Å². The van der Waals surface area contributed by atoms with Gasteiger partial charge >= 0.3 is 0 Å². The maximum atomic E-state index is 5.04. The molecule has 12 rings (SSSR count). The van der Waals surface area contributed by atoms with E-state index < -0.39 is 5.41 Å². The van der Waals surface area contributed by atoms with Crippen LogP contribution >= 0.6 is 0 Å². The maximum absolute atomic E-state index is 5.04. The van der Waals surface area contributed by atoms with Crippen LogP contribution in [0.1, 0.15) is 27.8 Å². The quantitative estimate of drug-likeness (QED) is 0.153. The van der Waals surface area contributed by atoms with Crippen molar-refractivity contribution >= 4 is 32.8 Å². The molecule has 0 aliphatic heterocycles. The Bertz CT molecular complexity index is 3420. The minimum atomic E-state index is -0.729. The summed E-state index contributed by atoms with van der Waals surface area (Å²) >= 11 is 0. The van der Waals surface area contributed by atoms with E-state index in [1.165, 1.54) is 38.8 Å². The zero-order valence-corrected chi connectivity index (χ0v) is 35.5. The Morgan fingerprint density at radius 1 is 0.508 bits per heavy atom. The molecule has 0 atom stereocenters. The molecule has 3 aromatic heterocycles. The number of rotatable bonds is 6. The second kappa shape index (κ2) is 14.6. The molecule has 0 radical (unpaired) electrons. The molecule has 0 bridgehead atoms. The number of aryl methyl sites for hydroxylation is 1. The number of hydrogen-bond donors (Lipinski definition) is 0. The van der Waals surface area contributed by atoms with Crippen LogP contribution < -0.4 is 0 Å². The Morgan fingerprint density at radius 3 is 1.89 bits per heavy atom. The third-order valence-electron chi connectivity index (χ3n) is 12.5. The standard InChI is InChI=1S/C56H37N4.Pt/c1-38-16-5-6-21-44(38)39-32-33-57-55(34-39)60-51-27-12-9-24-47(51)48-31-30-41(36-54(48)60)56(49-25-10-7-22-45(49)46-23-8-11-26-50(46)56)40-17-15-20-43(35-40)59-37-58(42-18-3-2-4-19-42)52-28-13-14-29-53(52)59;/h2-34,37H,1H3;/q-1;. The van der Waals surface area contributed by atoms with Gasteiger partial charge in [0.25, 0.3) is 0 Å². The van der Waals surface area contributed by atoms with Crippen LogP contribution in [-0.2, 0) is 26.5 Å². The van der Waals surface area contributed by atoms with Gasteiger partial charge in [0.05, 0.1) is 0 Å². The number of imidazole rings is 1. The van der Waals surface area contributed by atoms with Gasteiger partial charge < -0.3 is 4.57 Å². The maximum Gasteiger partial charge on any atom is 0.168 e. The summed E-state index contributed by atoms with van der Waals surface area (Å²) in [4.78, 5) is 5.04. The van der Waals surface area contributed by atoms with Crippen LogP contribution in [0.25, 0.3) is 72.3 Å². The van der Waals surface area contributed by atoms with Crippen molar-refractivity contribution in [2.45, 2.75) is 12.3 Å². The normalized spacial score (nSPS) is 12.7. The van der Waals surface area contributed by atoms with E-state index in [-0.39, 0.29) is 21.1 Å². The van der Waals surface area contributed by atoms with Gasteiger partial charge in [0.2, 0.25) is 0 Å². The summed E-state index contributed by atoms with van der Waals surface area (Å²) in [5.41, 5.74) is 16.2. The van der Waals surface area contributed by atoms with E-state index in [0.29, 0.717) is 0 Å². The van der Waals surface area contributed by atoms with Gasteiger partial charge in [-0.1, -0.05) is 127 Å². The van der Waals surface area contributed by atoms with Crippen LogP contribution in [-0.4, -0.2) is 18.7 Å². The molecule has 0 spiro atoms. The molecular weight excluding hydrogens is 924 g/mol. The predicted molar refractivity (Wildman–Crippen MR) is 244 cm³/mol. The molecule has 0 N–H and O–H groups in total. The molecule has 1 aliphatic carbocycles. The fraction of sp³-hybridized carbons (Fsp3) is 0.0357. The molecule has 0 fully saturated rings. The van der Waals surface area contributed by atoms with E-state index in [9.17, 15) is 0 Å². The summed E-state index contributed by atoms with van der Waals surface area (Å²) in [5, 5.41) is 2.30. The first kappa shape index (κ1) is 36.9. The third kappa shape index (κ3) is 5.56. The number of fused-ring (bicyclic) bond motifs is 7. The van der Waals surface area contributed by atoms with E-state index in [0.717, 1.165) is 61.3 Å². The summed E-state index contributed by atoms with van der Waals surface area (Å²) in [6, 6.07) is 77.7. The molecule has 1 aliphatic rings. The summed E-state index contributed by atoms with van der Waals surface area (Å²) in [7, 11) is 0. The Balaban J connectivity index is 0.00000420. The molecule has 0 unspecified atom stereocenters. The van der Waals surface area contributed by atoms with Crippen LogP contribution in [0.4, 0.5) is 0 Å². The zero-order valence-electron chi connectivity index (χ0n) is 33.2. The minimum Gasteiger partial charge on any atom is -0.319 e. The van der Waals surface area contributed by atoms with Gasteiger partial charge in [-0.05, 0) is 81.6 Å². The number of nitrogens with zero attached hydrogens (tertiary/aromatic N) is 4. The smallest absolute Gasteiger partial charge is 0.168 e. The SMILES string of the molecule is Cc1ccccc1-c1ccnc(-n2c3[c-]c(C4(c5[c-]c(-n6[cH+]n(-c7ccccc7)c7ccccc76)ccc5)c5ccccc5-c5ccccc54)ccc3c3ccccc32)c1.[Pt].